The van der Waals surface area contributed by atoms with Gasteiger partial charge in [0.2, 0.25) is 0 Å². The van der Waals surface area contributed by atoms with Gasteiger partial charge in [0, 0.05) is 19.6 Å². The van der Waals surface area contributed by atoms with Gasteiger partial charge in [-0.15, -0.1) is 24.0 Å². The molecule has 1 aliphatic carbocycles. The first-order valence-electron chi connectivity index (χ1n) is 10.7. The molecule has 2 fully saturated rings. The molecule has 0 unspecified atom stereocenters. The van der Waals surface area contributed by atoms with Crippen molar-refractivity contribution in [2.24, 2.45) is 4.99 Å². The third kappa shape index (κ3) is 7.52. The largest absolute Gasteiger partial charge is 0.388 e. The molecule has 1 aromatic carbocycles. The summed E-state index contributed by atoms with van der Waals surface area (Å²) in [5, 5.41) is 17.1. The van der Waals surface area contributed by atoms with Crippen LogP contribution in [-0.4, -0.2) is 47.7 Å². The van der Waals surface area contributed by atoms with Gasteiger partial charge in [-0.25, -0.2) is 4.99 Å². The van der Waals surface area contributed by atoms with E-state index in [0.717, 1.165) is 44.7 Å². The SMILES string of the molecule is CCNC(=NCc1ccc(CN2CCCCC2)cc1)NCC1(O)CCCC1.I. The van der Waals surface area contributed by atoms with Crippen molar-refractivity contribution in [2.75, 3.05) is 26.2 Å². The molecule has 158 valence electrons. The summed E-state index contributed by atoms with van der Waals surface area (Å²) < 4.78 is 0. The standard InChI is InChI=1S/C22H36N4O.HI/c1-2-23-21(25-18-22(27)12-4-5-13-22)24-16-19-8-10-20(11-9-19)17-26-14-6-3-7-15-26;/h8-11,27H,2-7,12-18H2,1H3,(H2,23,24,25);1H. The summed E-state index contributed by atoms with van der Waals surface area (Å²) in [5.41, 5.74) is 2.04. The Bertz CT molecular complexity index is 593. The second kappa shape index (κ2) is 12.0. The number of aliphatic imine (C=N–C) groups is 1. The highest BCUT2D eigenvalue weighted by Gasteiger charge is 2.30. The number of aliphatic hydroxyl groups is 1. The monoisotopic (exact) mass is 500 g/mol. The molecule has 1 saturated heterocycles. The highest BCUT2D eigenvalue weighted by atomic mass is 127. The van der Waals surface area contributed by atoms with E-state index in [1.807, 2.05) is 0 Å². The molecule has 6 heteroatoms. The van der Waals surface area contributed by atoms with Gasteiger partial charge in [0.15, 0.2) is 5.96 Å². The lowest BCUT2D eigenvalue weighted by atomic mass is 10.0. The summed E-state index contributed by atoms with van der Waals surface area (Å²) in [7, 11) is 0. The third-order valence-corrected chi connectivity index (χ3v) is 5.76. The Balaban J connectivity index is 0.00000280. The molecule has 0 spiro atoms. The van der Waals surface area contributed by atoms with Crippen molar-refractivity contribution in [3.63, 3.8) is 0 Å². The van der Waals surface area contributed by atoms with Crippen LogP contribution in [0.1, 0.15) is 63.0 Å². The van der Waals surface area contributed by atoms with E-state index in [4.69, 9.17) is 4.99 Å². The van der Waals surface area contributed by atoms with Crippen LogP contribution in [0, 0.1) is 0 Å². The molecule has 28 heavy (non-hydrogen) atoms. The number of rotatable bonds is 7. The molecule has 1 saturated carbocycles. The van der Waals surface area contributed by atoms with Gasteiger partial charge in [0.25, 0.3) is 0 Å². The number of nitrogens with one attached hydrogen (secondary N) is 2. The first kappa shape index (κ1) is 23.4. The Morgan fingerprint density at radius 3 is 2.29 bits per heavy atom. The van der Waals surface area contributed by atoms with E-state index >= 15 is 0 Å². The molecule has 0 bridgehead atoms. The zero-order valence-corrected chi connectivity index (χ0v) is 19.6. The van der Waals surface area contributed by atoms with Crippen molar-refractivity contribution in [1.29, 1.82) is 0 Å². The van der Waals surface area contributed by atoms with E-state index in [0.29, 0.717) is 13.1 Å². The molecular formula is C22H37IN4O. The van der Waals surface area contributed by atoms with Crippen LogP contribution < -0.4 is 10.6 Å². The molecular weight excluding hydrogens is 463 g/mol. The van der Waals surface area contributed by atoms with Gasteiger partial charge < -0.3 is 15.7 Å². The number of likely N-dealkylation sites (tertiary alicyclic amines) is 1. The summed E-state index contributed by atoms with van der Waals surface area (Å²) in [5.74, 6) is 0.787. The third-order valence-electron chi connectivity index (χ3n) is 5.76. The number of hydrogen-bond donors (Lipinski definition) is 3. The Hall–Kier alpha value is -0.860. The minimum atomic E-state index is -0.563. The van der Waals surface area contributed by atoms with Crippen LogP contribution in [0.15, 0.2) is 29.3 Å². The average Bonchev–Trinajstić information content (AvgIpc) is 3.13. The first-order valence-corrected chi connectivity index (χ1v) is 10.7. The number of hydrogen-bond acceptors (Lipinski definition) is 3. The highest BCUT2D eigenvalue weighted by Crippen LogP contribution is 2.28. The number of nitrogens with zero attached hydrogens (tertiary/aromatic N) is 2. The molecule has 0 atom stereocenters. The van der Waals surface area contributed by atoms with Gasteiger partial charge in [0.1, 0.15) is 0 Å². The van der Waals surface area contributed by atoms with Gasteiger partial charge in [-0.05, 0) is 56.8 Å². The van der Waals surface area contributed by atoms with Crippen molar-refractivity contribution in [1.82, 2.24) is 15.5 Å². The molecule has 0 amide bonds. The molecule has 2 aliphatic rings. The molecule has 0 aromatic heterocycles. The normalized spacial score (nSPS) is 19.9. The minimum Gasteiger partial charge on any atom is -0.388 e. The first-order chi connectivity index (χ1) is 13.2. The van der Waals surface area contributed by atoms with Gasteiger partial charge >= 0.3 is 0 Å². The lowest BCUT2D eigenvalue weighted by molar-refractivity contribution is 0.0522. The average molecular weight is 500 g/mol. The van der Waals surface area contributed by atoms with Crippen molar-refractivity contribution in [2.45, 2.75) is 70.6 Å². The molecule has 1 aromatic rings. The van der Waals surface area contributed by atoms with Crippen LogP contribution in [-0.2, 0) is 13.1 Å². The van der Waals surface area contributed by atoms with Crippen LogP contribution in [0.5, 0.6) is 0 Å². The topological polar surface area (TPSA) is 59.9 Å². The Kier molecular flexibility index (Phi) is 10.0. The maximum absolute atomic E-state index is 10.5. The van der Waals surface area contributed by atoms with Gasteiger partial charge in [-0.3, -0.25) is 4.90 Å². The van der Waals surface area contributed by atoms with Crippen LogP contribution >= 0.6 is 24.0 Å². The molecule has 0 radical (unpaired) electrons. The smallest absolute Gasteiger partial charge is 0.191 e. The van der Waals surface area contributed by atoms with Crippen LogP contribution in [0.3, 0.4) is 0 Å². The molecule has 1 heterocycles. The molecule has 5 nitrogen and oxygen atoms in total. The van der Waals surface area contributed by atoms with Gasteiger partial charge in [-0.1, -0.05) is 43.5 Å². The number of piperidine rings is 1. The molecule has 3 rings (SSSR count). The van der Waals surface area contributed by atoms with Gasteiger partial charge in [0.05, 0.1) is 12.1 Å². The quantitative estimate of drug-likeness (QED) is 0.304. The summed E-state index contributed by atoms with van der Waals surface area (Å²) >= 11 is 0. The van der Waals surface area contributed by atoms with Crippen LogP contribution in [0.4, 0.5) is 0 Å². The Morgan fingerprint density at radius 1 is 1.00 bits per heavy atom. The predicted molar refractivity (Wildman–Crippen MR) is 127 cm³/mol. The zero-order chi connectivity index (χ0) is 19.0. The van der Waals surface area contributed by atoms with Gasteiger partial charge in [-0.2, -0.15) is 0 Å². The summed E-state index contributed by atoms with van der Waals surface area (Å²) in [4.78, 5) is 7.25. The van der Waals surface area contributed by atoms with Crippen molar-refractivity contribution >= 4 is 29.9 Å². The van der Waals surface area contributed by atoms with E-state index in [2.05, 4.69) is 46.7 Å². The zero-order valence-electron chi connectivity index (χ0n) is 17.3. The lowest BCUT2D eigenvalue weighted by Crippen LogP contribution is -2.46. The Morgan fingerprint density at radius 2 is 1.64 bits per heavy atom. The second-order valence-electron chi connectivity index (χ2n) is 8.13. The Labute approximate surface area is 187 Å². The maximum Gasteiger partial charge on any atom is 0.191 e. The fourth-order valence-corrected chi connectivity index (χ4v) is 4.10. The van der Waals surface area contributed by atoms with Crippen molar-refractivity contribution in [3.05, 3.63) is 35.4 Å². The fourth-order valence-electron chi connectivity index (χ4n) is 4.10. The highest BCUT2D eigenvalue weighted by molar-refractivity contribution is 14.0. The molecule has 3 N–H and O–H groups in total. The van der Waals surface area contributed by atoms with E-state index in [-0.39, 0.29) is 24.0 Å². The predicted octanol–water partition coefficient (Wildman–Crippen LogP) is 3.65. The second-order valence-corrected chi connectivity index (χ2v) is 8.13. The summed E-state index contributed by atoms with van der Waals surface area (Å²) in [6, 6.07) is 8.86. The lowest BCUT2D eigenvalue weighted by Gasteiger charge is -2.26. The number of benzene rings is 1. The van der Waals surface area contributed by atoms with E-state index < -0.39 is 5.60 Å². The summed E-state index contributed by atoms with van der Waals surface area (Å²) in [6.45, 7) is 7.64. The summed E-state index contributed by atoms with van der Waals surface area (Å²) in [6.07, 6.45) is 8.07. The fraction of sp³-hybridized carbons (Fsp3) is 0.682. The van der Waals surface area contributed by atoms with E-state index in [1.54, 1.807) is 0 Å². The number of guanidine groups is 1. The van der Waals surface area contributed by atoms with Crippen molar-refractivity contribution < 1.29 is 5.11 Å². The number of halogens is 1. The maximum atomic E-state index is 10.5. The van der Waals surface area contributed by atoms with Crippen LogP contribution in [0.2, 0.25) is 0 Å². The molecule has 1 aliphatic heterocycles. The van der Waals surface area contributed by atoms with E-state index in [9.17, 15) is 5.11 Å². The minimum absolute atomic E-state index is 0. The van der Waals surface area contributed by atoms with Crippen LogP contribution in [0.25, 0.3) is 0 Å². The van der Waals surface area contributed by atoms with E-state index in [1.165, 1.54) is 43.5 Å². The van der Waals surface area contributed by atoms with Crippen molar-refractivity contribution in [3.8, 4) is 0 Å².